The molecule has 2 atom stereocenters. The Labute approximate surface area is 205 Å². The largest absolute Gasteiger partial charge is 0.486 e. The van der Waals surface area contributed by atoms with Crippen molar-refractivity contribution in [1.82, 2.24) is 4.90 Å². The SMILES string of the molecule is CC1(C)C[C@@H]2C[C@@](C)(CN2C(=O)COC(=O)c2ccccc2C(=O)c2ccc3c(c2)OCCO3)C1. The lowest BCUT2D eigenvalue weighted by Gasteiger charge is -2.39. The summed E-state index contributed by atoms with van der Waals surface area (Å²) in [6, 6.07) is 11.6. The second kappa shape index (κ2) is 8.70. The van der Waals surface area contributed by atoms with Gasteiger partial charge in [-0.3, -0.25) is 9.59 Å². The van der Waals surface area contributed by atoms with Crippen molar-refractivity contribution in [3.05, 3.63) is 59.2 Å². The average Bonchev–Trinajstić information content (AvgIpc) is 3.10. The second-order valence-electron chi connectivity index (χ2n) is 11.0. The minimum atomic E-state index is -0.687. The zero-order valence-electron chi connectivity index (χ0n) is 20.5. The van der Waals surface area contributed by atoms with Crippen LogP contribution in [0.3, 0.4) is 0 Å². The van der Waals surface area contributed by atoms with E-state index >= 15 is 0 Å². The fourth-order valence-electron chi connectivity index (χ4n) is 6.24. The Balaban J connectivity index is 1.28. The van der Waals surface area contributed by atoms with Gasteiger partial charge >= 0.3 is 5.97 Å². The van der Waals surface area contributed by atoms with Crippen LogP contribution in [-0.2, 0) is 9.53 Å². The Hall–Kier alpha value is -3.35. The molecule has 0 spiro atoms. The number of carbonyl (C=O) groups is 3. The summed E-state index contributed by atoms with van der Waals surface area (Å²) in [5.74, 6) is -0.110. The predicted octanol–water partition coefficient (Wildman–Crippen LogP) is 4.27. The third-order valence-corrected chi connectivity index (χ3v) is 7.26. The number of rotatable bonds is 5. The van der Waals surface area contributed by atoms with Crippen molar-refractivity contribution in [3.63, 3.8) is 0 Å². The maximum absolute atomic E-state index is 13.2. The number of carbonyl (C=O) groups excluding carboxylic acids is 3. The summed E-state index contributed by atoms with van der Waals surface area (Å²) in [6.07, 6.45) is 3.02. The summed E-state index contributed by atoms with van der Waals surface area (Å²) in [6.45, 7) is 7.97. The summed E-state index contributed by atoms with van der Waals surface area (Å²) in [5, 5.41) is 0. The van der Waals surface area contributed by atoms with Crippen LogP contribution in [0.4, 0.5) is 0 Å². The Morgan fingerprint density at radius 2 is 1.69 bits per heavy atom. The summed E-state index contributed by atoms with van der Waals surface area (Å²) in [7, 11) is 0. The molecule has 2 aromatic carbocycles. The molecular weight excluding hydrogens is 446 g/mol. The zero-order chi connectivity index (χ0) is 24.8. The molecule has 2 fully saturated rings. The average molecular weight is 478 g/mol. The highest BCUT2D eigenvalue weighted by molar-refractivity contribution is 6.14. The molecule has 1 aliphatic carbocycles. The van der Waals surface area contributed by atoms with Gasteiger partial charge in [-0.1, -0.05) is 39.0 Å². The van der Waals surface area contributed by atoms with Crippen molar-refractivity contribution >= 4 is 17.7 Å². The number of fused-ring (bicyclic) bond motifs is 3. The third kappa shape index (κ3) is 4.64. The molecular formula is C28H31NO6. The van der Waals surface area contributed by atoms with Gasteiger partial charge in [-0.15, -0.1) is 0 Å². The van der Waals surface area contributed by atoms with E-state index in [-0.39, 0.29) is 46.3 Å². The van der Waals surface area contributed by atoms with Crippen LogP contribution in [0, 0.1) is 10.8 Å². The van der Waals surface area contributed by atoms with E-state index in [2.05, 4.69) is 20.8 Å². The molecule has 0 radical (unpaired) electrons. The van der Waals surface area contributed by atoms with Crippen LogP contribution < -0.4 is 9.47 Å². The van der Waals surface area contributed by atoms with Crippen molar-refractivity contribution in [1.29, 1.82) is 0 Å². The molecule has 2 aromatic rings. The van der Waals surface area contributed by atoms with E-state index in [1.807, 2.05) is 4.90 Å². The van der Waals surface area contributed by atoms with Gasteiger partial charge in [-0.2, -0.15) is 0 Å². The summed E-state index contributed by atoms with van der Waals surface area (Å²) >= 11 is 0. The third-order valence-electron chi connectivity index (χ3n) is 7.26. The molecule has 3 aliphatic rings. The highest BCUT2D eigenvalue weighted by Gasteiger charge is 2.51. The molecule has 184 valence electrons. The molecule has 1 saturated heterocycles. The van der Waals surface area contributed by atoms with E-state index in [1.165, 1.54) is 0 Å². The number of likely N-dealkylation sites (tertiary alicyclic amines) is 1. The van der Waals surface area contributed by atoms with Crippen molar-refractivity contribution in [2.75, 3.05) is 26.4 Å². The number of amides is 1. The van der Waals surface area contributed by atoms with Crippen LogP contribution in [0.2, 0.25) is 0 Å². The highest BCUT2D eigenvalue weighted by Crippen LogP contribution is 2.52. The minimum absolute atomic E-state index is 0.106. The van der Waals surface area contributed by atoms with Crippen molar-refractivity contribution in [3.8, 4) is 11.5 Å². The second-order valence-corrected chi connectivity index (χ2v) is 11.0. The predicted molar refractivity (Wildman–Crippen MR) is 129 cm³/mol. The van der Waals surface area contributed by atoms with E-state index < -0.39 is 5.97 Å². The van der Waals surface area contributed by atoms with Crippen LogP contribution in [0.25, 0.3) is 0 Å². The molecule has 7 heteroatoms. The standard InChI is InChI=1S/C28H31NO6/c1-27(2)13-19-14-28(3,16-27)17-29(19)24(30)15-35-26(32)21-7-5-4-6-20(21)25(31)18-8-9-22-23(12-18)34-11-10-33-22/h4-9,12,19H,10-11,13-17H2,1-3H3/t19-,28-/m1/s1. The van der Waals surface area contributed by atoms with Gasteiger partial charge in [0.05, 0.1) is 5.56 Å². The molecule has 1 saturated carbocycles. The zero-order valence-corrected chi connectivity index (χ0v) is 20.5. The van der Waals surface area contributed by atoms with E-state index in [0.29, 0.717) is 36.8 Å². The van der Waals surface area contributed by atoms with Gasteiger partial charge in [0.1, 0.15) is 13.2 Å². The first-order chi connectivity index (χ1) is 16.6. The first-order valence-corrected chi connectivity index (χ1v) is 12.1. The molecule has 2 bridgehead atoms. The number of hydrogen-bond acceptors (Lipinski definition) is 6. The van der Waals surface area contributed by atoms with Crippen LogP contribution >= 0.6 is 0 Å². The Bertz CT molecular complexity index is 1190. The normalized spacial score (nSPS) is 24.1. The van der Waals surface area contributed by atoms with Crippen molar-refractivity contribution in [2.24, 2.45) is 10.8 Å². The molecule has 7 nitrogen and oxygen atoms in total. The van der Waals surface area contributed by atoms with Crippen molar-refractivity contribution in [2.45, 2.75) is 46.1 Å². The lowest BCUT2D eigenvalue weighted by atomic mass is 9.65. The number of benzene rings is 2. The lowest BCUT2D eigenvalue weighted by Crippen LogP contribution is -2.39. The van der Waals surface area contributed by atoms with Gasteiger partial charge in [-0.05, 0) is 54.4 Å². The van der Waals surface area contributed by atoms with E-state index in [1.54, 1.807) is 42.5 Å². The van der Waals surface area contributed by atoms with Gasteiger partial charge in [0.15, 0.2) is 23.9 Å². The van der Waals surface area contributed by atoms with Crippen LogP contribution in [-0.4, -0.2) is 55.0 Å². The topological polar surface area (TPSA) is 82.1 Å². The quantitative estimate of drug-likeness (QED) is 0.473. The lowest BCUT2D eigenvalue weighted by molar-refractivity contribution is -0.135. The molecule has 0 aromatic heterocycles. The number of hydrogen-bond donors (Lipinski definition) is 0. The first kappa shape index (κ1) is 23.4. The molecule has 5 rings (SSSR count). The number of ether oxygens (including phenoxy) is 3. The van der Waals surface area contributed by atoms with Gasteiger partial charge in [-0.25, -0.2) is 4.79 Å². The Morgan fingerprint density at radius 1 is 0.971 bits per heavy atom. The number of ketones is 1. The van der Waals surface area contributed by atoms with Crippen molar-refractivity contribution < 1.29 is 28.6 Å². The van der Waals surface area contributed by atoms with E-state index in [4.69, 9.17) is 14.2 Å². The maximum atomic E-state index is 13.2. The summed E-state index contributed by atoms with van der Waals surface area (Å²) in [4.78, 5) is 41.1. The van der Waals surface area contributed by atoms with Crippen LogP contribution in [0.5, 0.6) is 11.5 Å². The van der Waals surface area contributed by atoms with E-state index in [9.17, 15) is 14.4 Å². The van der Waals surface area contributed by atoms with Gasteiger partial charge < -0.3 is 19.1 Å². The smallest absolute Gasteiger partial charge is 0.339 e. The Morgan fingerprint density at radius 3 is 2.46 bits per heavy atom. The minimum Gasteiger partial charge on any atom is -0.486 e. The monoisotopic (exact) mass is 477 g/mol. The summed E-state index contributed by atoms with van der Waals surface area (Å²) < 4.78 is 16.5. The highest BCUT2D eigenvalue weighted by atomic mass is 16.6. The maximum Gasteiger partial charge on any atom is 0.339 e. The molecule has 2 aliphatic heterocycles. The molecule has 35 heavy (non-hydrogen) atoms. The fraction of sp³-hybridized carbons (Fsp3) is 0.464. The molecule has 0 N–H and O–H groups in total. The first-order valence-electron chi connectivity index (χ1n) is 12.1. The van der Waals surface area contributed by atoms with Gasteiger partial charge in [0.2, 0.25) is 0 Å². The van der Waals surface area contributed by atoms with Crippen LogP contribution in [0.1, 0.15) is 66.3 Å². The number of nitrogens with zero attached hydrogens (tertiary/aromatic N) is 1. The fourth-order valence-corrected chi connectivity index (χ4v) is 6.24. The number of esters is 1. The molecule has 0 unspecified atom stereocenters. The summed E-state index contributed by atoms with van der Waals surface area (Å²) in [5.41, 5.74) is 1.03. The molecule has 1 amide bonds. The molecule has 2 heterocycles. The Kier molecular flexibility index (Phi) is 5.82. The van der Waals surface area contributed by atoms with Gasteiger partial charge in [0, 0.05) is 23.7 Å². The van der Waals surface area contributed by atoms with Gasteiger partial charge in [0.25, 0.3) is 5.91 Å². The van der Waals surface area contributed by atoms with E-state index in [0.717, 1.165) is 19.3 Å². The van der Waals surface area contributed by atoms with Crippen LogP contribution in [0.15, 0.2) is 42.5 Å².